The van der Waals surface area contributed by atoms with Crippen LogP contribution in [0.1, 0.15) is 31.7 Å². The number of hydrogen-bond acceptors (Lipinski definition) is 3. The number of carbonyl (C=O) groups is 1. The maximum Gasteiger partial charge on any atom is 0.326 e. The van der Waals surface area contributed by atoms with Gasteiger partial charge < -0.3 is 10.4 Å². The molecule has 5 heteroatoms. The Morgan fingerprint density at radius 1 is 1.61 bits per heavy atom. The number of unbranched alkanes of at least 4 members (excludes halogenated alkanes) is 1. The molecule has 1 atom stereocenters. The van der Waals surface area contributed by atoms with Crippen molar-refractivity contribution in [2.75, 3.05) is 5.32 Å². The van der Waals surface area contributed by atoms with Crippen LogP contribution in [0.15, 0.2) is 22.7 Å². The molecule has 0 radical (unpaired) electrons. The van der Waals surface area contributed by atoms with Crippen LogP contribution in [0.25, 0.3) is 0 Å². The molecule has 96 valence electrons. The van der Waals surface area contributed by atoms with Gasteiger partial charge in [-0.2, -0.15) is 5.26 Å². The van der Waals surface area contributed by atoms with Crippen molar-refractivity contribution in [3.8, 4) is 6.07 Å². The van der Waals surface area contributed by atoms with Gasteiger partial charge in [-0.25, -0.2) is 4.79 Å². The van der Waals surface area contributed by atoms with Crippen LogP contribution < -0.4 is 5.32 Å². The van der Waals surface area contributed by atoms with Crippen molar-refractivity contribution in [2.45, 2.75) is 32.2 Å². The lowest BCUT2D eigenvalue weighted by Gasteiger charge is -2.16. The summed E-state index contributed by atoms with van der Waals surface area (Å²) in [6.07, 6.45) is 2.32. The molecule has 1 aromatic carbocycles. The summed E-state index contributed by atoms with van der Waals surface area (Å²) in [7, 11) is 0. The van der Waals surface area contributed by atoms with Gasteiger partial charge in [0.05, 0.1) is 11.3 Å². The smallest absolute Gasteiger partial charge is 0.326 e. The Kier molecular flexibility index (Phi) is 5.66. The standard InChI is InChI=1S/C13H15BrN2O2/c1-2-3-4-11(13(17)18)16-12-7-10(14)6-5-9(12)8-15/h5-7,11,16H,2-4H2,1H3,(H,17,18). The topological polar surface area (TPSA) is 73.1 Å². The Hall–Kier alpha value is -1.54. The lowest BCUT2D eigenvalue weighted by Crippen LogP contribution is -2.29. The van der Waals surface area contributed by atoms with Gasteiger partial charge in [0.25, 0.3) is 0 Å². The predicted octanol–water partition coefficient (Wildman–Crippen LogP) is 3.38. The van der Waals surface area contributed by atoms with E-state index in [1.807, 2.05) is 13.0 Å². The molecule has 0 aromatic heterocycles. The summed E-state index contributed by atoms with van der Waals surface area (Å²) in [5.41, 5.74) is 0.997. The van der Waals surface area contributed by atoms with Gasteiger partial charge in [-0.3, -0.25) is 0 Å². The summed E-state index contributed by atoms with van der Waals surface area (Å²) in [6, 6.07) is 6.52. The fourth-order valence-electron chi connectivity index (χ4n) is 1.59. The van der Waals surface area contributed by atoms with Gasteiger partial charge in [0.1, 0.15) is 12.1 Å². The highest BCUT2D eigenvalue weighted by molar-refractivity contribution is 9.10. The molecule has 1 aromatic rings. The Morgan fingerprint density at radius 2 is 2.33 bits per heavy atom. The van der Waals surface area contributed by atoms with E-state index in [1.54, 1.807) is 18.2 Å². The molecule has 0 spiro atoms. The average Bonchev–Trinajstić information content (AvgIpc) is 2.34. The first kappa shape index (κ1) is 14.5. The van der Waals surface area contributed by atoms with Crippen molar-refractivity contribution in [1.29, 1.82) is 5.26 Å². The number of nitriles is 1. The van der Waals surface area contributed by atoms with Crippen molar-refractivity contribution in [3.05, 3.63) is 28.2 Å². The number of rotatable bonds is 6. The fourth-order valence-corrected chi connectivity index (χ4v) is 1.95. The highest BCUT2D eigenvalue weighted by Crippen LogP contribution is 2.22. The Bertz CT molecular complexity index is 469. The third kappa shape index (κ3) is 4.04. The van der Waals surface area contributed by atoms with Crippen molar-refractivity contribution < 1.29 is 9.90 Å². The molecular weight excluding hydrogens is 296 g/mol. The number of carboxylic acids is 1. The van der Waals surface area contributed by atoms with Crippen LogP contribution >= 0.6 is 15.9 Å². The first-order chi connectivity index (χ1) is 8.58. The van der Waals surface area contributed by atoms with Gasteiger partial charge in [0, 0.05) is 4.47 Å². The second kappa shape index (κ2) is 7.02. The van der Waals surface area contributed by atoms with Crippen molar-refractivity contribution in [3.63, 3.8) is 0 Å². The number of hydrogen-bond donors (Lipinski definition) is 2. The van der Waals surface area contributed by atoms with Gasteiger partial charge in [0.15, 0.2) is 0 Å². The molecule has 0 aliphatic rings. The van der Waals surface area contributed by atoms with Crippen LogP contribution in [0.5, 0.6) is 0 Å². The van der Waals surface area contributed by atoms with Crippen molar-refractivity contribution >= 4 is 27.6 Å². The number of carboxylic acid groups (broad SMARTS) is 1. The number of aliphatic carboxylic acids is 1. The molecular formula is C13H15BrN2O2. The quantitative estimate of drug-likeness (QED) is 0.844. The van der Waals surface area contributed by atoms with Crippen LogP contribution in [0.4, 0.5) is 5.69 Å². The van der Waals surface area contributed by atoms with Crippen LogP contribution in [0.3, 0.4) is 0 Å². The number of anilines is 1. The molecule has 0 aliphatic carbocycles. The van der Waals surface area contributed by atoms with E-state index in [0.29, 0.717) is 17.7 Å². The minimum absolute atomic E-state index is 0.445. The summed E-state index contributed by atoms with van der Waals surface area (Å²) in [5, 5.41) is 21.0. The lowest BCUT2D eigenvalue weighted by molar-refractivity contribution is -0.138. The van der Waals surface area contributed by atoms with Crippen LogP contribution in [-0.4, -0.2) is 17.1 Å². The summed E-state index contributed by atoms with van der Waals surface area (Å²) in [5.74, 6) is -0.896. The highest BCUT2D eigenvalue weighted by atomic mass is 79.9. The Labute approximate surface area is 115 Å². The van der Waals surface area contributed by atoms with E-state index in [-0.39, 0.29) is 0 Å². The molecule has 0 heterocycles. The van der Waals surface area contributed by atoms with Crippen LogP contribution in [0, 0.1) is 11.3 Å². The molecule has 0 amide bonds. The van der Waals surface area contributed by atoms with Gasteiger partial charge in [-0.1, -0.05) is 35.7 Å². The average molecular weight is 311 g/mol. The third-order valence-corrected chi connectivity index (χ3v) is 3.07. The van der Waals surface area contributed by atoms with E-state index in [2.05, 4.69) is 21.2 Å². The van der Waals surface area contributed by atoms with E-state index >= 15 is 0 Å². The fraction of sp³-hybridized carbons (Fsp3) is 0.385. The van der Waals surface area contributed by atoms with E-state index in [9.17, 15) is 4.79 Å². The first-order valence-corrected chi connectivity index (χ1v) is 6.56. The van der Waals surface area contributed by atoms with E-state index in [4.69, 9.17) is 10.4 Å². The zero-order valence-electron chi connectivity index (χ0n) is 10.1. The van der Waals surface area contributed by atoms with Crippen LogP contribution in [0.2, 0.25) is 0 Å². The second-order valence-electron chi connectivity index (χ2n) is 3.98. The van der Waals surface area contributed by atoms with E-state index in [1.165, 1.54) is 0 Å². The predicted molar refractivity (Wildman–Crippen MR) is 73.4 cm³/mol. The molecule has 2 N–H and O–H groups in total. The summed E-state index contributed by atoms with van der Waals surface area (Å²) >= 11 is 3.31. The second-order valence-corrected chi connectivity index (χ2v) is 4.89. The summed E-state index contributed by atoms with van der Waals surface area (Å²) < 4.78 is 0.809. The minimum Gasteiger partial charge on any atom is -0.480 e. The molecule has 4 nitrogen and oxygen atoms in total. The zero-order valence-corrected chi connectivity index (χ0v) is 11.7. The molecule has 18 heavy (non-hydrogen) atoms. The molecule has 0 saturated heterocycles. The Balaban J connectivity index is 2.89. The third-order valence-electron chi connectivity index (χ3n) is 2.58. The first-order valence-electron chi connectivity index (χ1n) is 5.77. The largest absolute Gasteiger partial charge is 0.480 e. The van der Waals surface area contributed by atoms with Gasteiger partial charge in [0.2, 0.25) is 0 Å². The molecule has 0 saturated carbocycles. The zero-order chi connectivity index (χ0) is 13.5. The molecule has 1 rings (SSSR count). The maximum absolute atomic E-state index is 11.1. The maximum atomic E-state index is 11.1. The lowest BCUT2D eigenvalue weighted by atomic mass is 10.1. The van der Waals surface area contributed by atoms with Gasteiger partial charge in [-0.05, 0) is 24.6 Å². The molecule has 0 bridgehead atoms. The molecule has 0 fully saturated rings. The van der Waals surface area contributed by atoms with E-state index in [0.717, 1.165) is 17.3 Å². The van der Waals surface area contributed by atoms with Crippen molar-refractivity contribution in [2.24, 2.45) is 0 Å². The molecule has 0 aliphatic heterocycles. The number of benzene rings is 1. The highest BCUT2D eigenvalue weighted by Gasteiger charge is 2.17. The normalized spacial score (nSPS) is 11.6. The molecule has 1 unspecified atom stereocenters. The minimum atomic E-state index is -0.896. The number of halogens is 1. The SMILES string of the molecule is CCCCC(Nc1cc(Br)ccc1C#N)C(=O)O. The van der Waals surface area contributed by atoms with Gasteiger partial charge in [-0.15, -0.1) is 0 Å². The van der Waals surface area contributed by atoms with E-state index < -0.39 is 12.0 Å². The number of nitrogens with one attached hydrogen (secondary N) is 1. The van der Waals surface area contributed by atoms with Gasteiger partial charge >= 0.3 is 5.97 Å². The summed E-state index contributed by atoms with van der Waals surface area (Å²) in [6.45, 7) is 2.01. The van der Waals surface area contributed by atoms with Crippen LogP contribution in [-0.2, 0) is 4.79 Å². The Morgan fingerprint density at radius 3 is 2.89 bits per heavy atom. The monoisotopic (exact) mass is 310 g/mol. The summed E-state index contributed by atoms with van der Waals surface area (Å²) in [4.78, 5) is 11.1. The number of nitrogens with zero attached hydrogens (tertiary/aromatic N) is 1. The van der Waals surface area contributed by atoms with Crippen molar-refractivity contribution in [1.82, 2.24) is 0 Å².